The molecule has 7 heteroatoms. The molecule has 2 rings (SSSR count). The Morgan fingerprint density at radius 3 is 2.75 bits per heavy atom. The van der Waals surface area contributed by atoms with Crippen molar-refractivity contribution in [3.8, 4) is 0 Å². The molecule has 0 aliphatic carbocycles. The van der Waals surface area contributed by atoms with Gasteiger partial charge in [0, 0.05) is 11.7 Å². The van der Waals surface area contributed by atoms with E-state index in [0.29, 0.717) is 22.9 Å². The van der Waals surface area contributed by atoms with Gasteiger partial charge in [0.2, 0.25) is 0 Å². The minimum Gasteiger partial charge on any atom is -0.389 e. The van der Waals surface area contributed by atoms with Crippen molar-refractivity contribution in [1.29, 1.82) is 0 Å². The summed E-state index contributed by atoms with van der Waals surface area (Å²) < 4.78 is 1.52. The molecule has 7 nitrogen and oxygen atoms in total. The van der Waals surface area contributed by atoms with Crippen molar-refractivity contribution >= 4 is 16.9 Å². The van der Waals surface area contributed by atoms with Crippen molar-refractivity contribution in [2.75, 3.05) is 12.3 Å². The van der Waals surface area contributed by atoms with E-state index < -0.39 is 5.60 Å². The first kappa shape index (κ1) is 18.5. The minimum atomic E-state index is -0.986. The van der Waals surface area contributed by atoms with Crippen molar-refractivity contribution in [3.63, 3.8) is 0 Å². The number of nitrogen functional groups attached to an aromatic ring is 1. The number of unbranched alkanes of at least 4 members (excludes halogenated alkanes) is 1. The quantitative estimate of drug-likeness (QED) is 0.545. The van der Waals surface area contributed by atoms with Crippen LogP contribution in [0.15, 0.2) is 10.9 Å². The number of pyridine rings is 1. The summed E-state index contributed by atoms with van der Waals surface area (Å²) in [5.74, 6) is 0.328. The fourth-order valence-electron chi connectivity index (χ4n) is 2.72. The number of aliphatic hydroxyl groups is 1. The van der Waals surface area contributed by atoms with Crippen molar-refractivity contribution in [2.24, 2.45) is 0 Å². The molecule has 0 amide bonds. The number of H-pyrrole nitrogens is 1. The fourth-order valence-corrected chi connectivity index (χ4v) is 2.72. The smallest absolute Gasteiger partial charge is 0.326 e. The monoisotopic (exact) mass is 335 g/mol. The Morgan fingerprint density at radius 2 is 2.12 bits per heavy atom. The van der Waals surface area contributed by atoms with Gasteiger partial charge in [-0.25, -0.2) is 9.78 Å². The maximum Gasteiger partial charge on any atom is 0.326 e. The average molecular weight is 335 g/mol. The third-order valence-corrected chi connectivity index (χ3v) is 3.80. The molecule has 24 heavy (non-hydrogen) atoms. The summed E-state index contributed by atoms with van der Waals surface area (Å²) in [5.41, 5.74) is 6.84. The number of anilines is 1. The lowest BCUT2D eigenvalue weighted by Gasteiger charge is -2.17. The molecule has 0 atom stereocenters. The number of aryl methyl sites for hydroxylation is 1. The zero-order valence-electron chi connectivity index (χ0n) is 15.0. The molecule has 0 aromatic carbocycles. The standard InChI is InChI=1S/C17H29N5O2/c1-11(2)19-8-6-5-7-12-9-13-14(15(18)20-12)21-16(23)22(13)10-17(3,4)24/h9,11,19,24H,5-8,10H2,1-4H3,(H2,18,20)(H,21,23). The normalized spacial score (nSPS) is 12.4. The fraction of sp³-hybridized carbons (Fsp3) is 0.647. The Bertz CT molecular complexity index is 740. The van der Waals surface area contributed by atoms with Crippen LogP contribution in [0.4, 0.5) is 5.82 Å². The number of hydrogen-bond donors (Lipinski definition) is 4. The van der Waals surface area contributed by atoms with Crippen LogP contribution < -0.4 is 16.7 Å². The zero-order valence-corrected chi connectivity index (χ0v) is 15.0. The molecule has 2 heterocycles. The van der Waals surface area contributed by atoms with Crippen molar-refractivity contribution in [3.05, 3.63) is 22.2 Å². The summed E-state index contributed by atoms with van der Waals surface area (Å²) in [6.45, 7) is 8.78. The van der Waals surface area contributed by atoms with E-state index in [-0.39, 0.29) is 12.2 Å². The number of hydrogen-bond acceptors (Lipinski definition) is 5. The van der Waals surface area contributed by atoms with Gasteiger partial charge in [0.1, 0.15) is 11.3 Å². The maximum atomic E-state index is 12.1. The van der Waals surface area contributed by atoms with Crippen LogP contribution in [0.2, 0.25) is 0 Å². The third-order valence-electron chi connectivity index (χ3n) is 3.80. The molecule has 2 aromatic rings. The molecular formula is C17H29N5O2. The number of nitrogens with zero attached hydrogens (tertiary/aromatic N) is 2. The number of nitrogens with one attached hydrogen (secondary N) is 2. The molecule has 0 spiro atoms. The van der Waals surface area contributed by atoms with Crippen LogP contribution >= 0.6 is 0 Å². The van der Waals surface area contributed by atoms with Gasteiger partial charge in [0.25, 0.3) is 0 Å². The first-order valence-corrected chi connectivity index (χ1v) is 8.51. The van der Waals surface area contributed by atoms with Gasteiger partial charge in [-0.15, -0.1) is 0 Å². The second-order valence-electron chi connectivity index (χ2n) is 7.29. The van der Waals surface area contributed by atoms with Crippen LogP contribution in [0.3, 0.4) is 0 Å². The van der Waals surface area contributed by atoms with Crippen LogP contribution in [0, 0.1) is 0 Å². The van der Waals surface area contributed by atoms with E-state index in [9.17, 15) is 9.90 Å². The van der Waals surface area contributed by atoms with Crippen LogP contribution in [-0.2, 0) is 13.0 Å². The average Bonchev–Trinajstić information content (AvgIpc) is 2.74. The van der Waals surface area contributed by atoms with E-state index in [0.717, 1.165) is 31.5 Å². The summed E-state index contributed by atoms with van der Waals surface area (Å²) in [7, 11) is 0. The Hall–Kier alpha value is -1.86. The first-order chi connectivity index (χ1) is 11.2. The molecule has 0 aliphatic rings. The highest BCUT2D eigenvalue weighted by Gasteiger charge is 2.19. The number of imidazole rings is 1. The first-order valence-electron chi connectivity index (χ1n) is 8.51. The third kappa shape index (κ3) is 4.82. The van der Waals surface area contributed by atoms with Crippen LogP contribution in [0.25, 0.3) is 11.0 Å². The highest BCUT2D eigenvalue weighted by Crippen LogP contribution is 2.20. The van der Waals surface area contributed by atoms with Crippen molar-refractivity contribution in [1.82, 2.24) is 19.9 Å². The molecule has 0 fully saturated rings. The van der Waals surface area contributed by atoms with Crippen LogP contribution in [0.1, 0.15) is 46.2 Å². The number of aromatic amines is 1. The molecule has 134 valence electrons. The summed E-state index contributed by atoms with van der Waals surface area (Å²) in [4.78, 5) is 19.3. The van der Waals surface area contributed by atoms with Gasteiger partial charge in [-0.2, -0.15) is 0 Å². The Kier molecular flexibility index (Phi) is 5.66. The molecule has 0 radical (unpaired) electrons. The summed E-state index contributed by atoms with van der Waals surface area (Å²) in [6, 6.07) is 2.39. The SMILES string of the molecule is CC(C)NCCCCc1cc2c([nH]c(=O)n2CC(C)(C)O)c(N)n1. The predicted molar refractivity (Wildman–Crippen MR) is 97.1 cm³/mol. The largest absolute Gasteiger partial charge is 0.389 e. The minimum absolute atomic E-state index is 0.201. The molecule has 0 saturated heterocycles. The van der Waals surface area contributed by atoms with Gasteiger partial charge < -0.3 is 21.1 Å². The Labute approximate surface area is 142 Å². The second kappa shape index (κ2) is 7.36. The topological polar surface area (TPSA) is 109 Å². The molecule has 5 N–H and O–H groups in total. The lowest BCUT2D eigenvalue weighted by molar-refractivity contribution is 0.0617. The summed E-state index contributed by atoms with van der Waals surface area (Å²) >= 11 is 0. The lowest BCUT2D eigenvalue weighted by atomic mass is 10.1. The van der Waals surface area contributed by atoms with Crippen molar-refractivity contribution < 1.29 is 5.11 Å². The summed E-state index contributed by atoms with van der Waals surface area (Å²) in [5, 5.41) is 13.4. The highest BCUT2D eigenvalue weighted by atomic mass is 16.3. The van der Waals surface area contributed by atoms with Gasteiger partial charge in [-0.05, 0) is 45.7 Å². The number of nitrogens with two attached hydrogens (primary N) is 1. The van der Waals surface area contributed by atoms with Gasteiger partial charge in [0.15, 0.2) is 0 Å². The number of fused-ring (bicyclic) bond motifs is 1. The van der Waals surface area contributed by atoms with Gasteiger partial charge in [-0.1, -0.05) is 13.8 Å². The van der Waals surface area contributed by atoms with E-state index >= 15 is 0 Å². The van der Waals surface area contributed by atoms with Crippen LogP contribution in [0.5, 0.6) is 0 Å². The molecule has 0 aliphatic heterocycles. The maximum absolute atomic E-state index is 12.1. The predicted octanol–water partition coefficient (Wildman–Crippen LogP) is 1.40. The van der Waals surface area contributed by atoms with E-state index in [4.69, 9.17) is 5.73 Å². The Morgan fingerprint density at radius 1 is 1.42 bits per heavy atom. The van der Waals surface area contributed by atoms with Gasteiger partial charge >= 0.3 is 5.69 Å². The second-order valence-corrected chi connectivity index (χ2v) is 7.29. The van der Waals surface area contributed by atoms with Gasteiger partial charge in [-0.3, -0.25) is 4.57 Å². The summed E-state index contributed by atoms with van der Waals surface area (Å²) in [6.07, 6.45) is 2.86. The number of aromatic nitrogens is 3. The lowest BCUT2D eigenvalue weighted by Crippen LogP contribution is -2.31. The molecule has 2 aromatic heterocycles. The molecule has 0 unspecified atom stereocenters. The van der Waals surface area contributed by atoms with Gasteiger partial charge in [0.05, 0.1) is 17.7 Å². The van der Waals surface area contributed by atoms with E-state index in [1.807, 2.05) is 6.07 Å². The van der Waals surface area contributed by atoms with Crippen LogP contribution in [-0.4, -0.2) is 37.8 Å². The van der Waals surface area contributed by atoms with E-state index in [1.165, 1.54) is 4.57 Å². The molecule has 0 saturated carbocycles. The zero-order chi connectivity index (χ0) is 17.9. The van der Waals surface area contributed by atoms with Crippen molar-refractivity contribution in [2.45, 2.75) is 65.1 Å². The van der Waals surface area contributed by atoms with E-state index in [2.05, 4.69) is 29.1 Å². The molecular weight excluding hydrogens is 306 g/mol. The molecule has 0 bridgehead atoms. The Balaban J connectivity index is 2.18. The number of rotatable bonds is 8. The highest BCUT2D eigenvalue weighted by molar-refractivity contribution is 5.85. The van der Waals surface area contributed by atoms with E-state index in [1.54, 1.807) is 13.8 Å².